The lowest BCUT2D eigenvalue weighted by atomic mass is 10.1. The molecule has 0 aromatic heterocycles. The van der Waals surface area contributed by atoms with Crippen molar-refractivity contribution in [2.45, 2.75) is 26.1 Å². The Balaban J connectivity index is 1.91. The van der Waals surface area contributed by atoms with Gasteiger partial charge in [-0.15, -0.1) is 0 Å². The molecule has 0 amide bonds. The van der Waals surface area contributed by atoms with Gasteiger partial charge in [-0.1, -0.05) is 31.2 Å². The van der Waals surface area contributed by atoms with E-state index in [0.29, 0.717) is 0 Å². The van der Waals surface area contributed by atoms with Gasteiger partial charge in [0.05, 0.1) is 6.61 Å². The first-order valence-electron chi connectivity index (χ1n) is 5.97. The quantitative estimate of drug-likeness (QED) is 0.776. The van der Waals surface area contributed by atoms with Crippen LogP contribution in [0.4, 0.5) is 0 Å². The fraction of sp³-hybridized carbons (Fsp3) is 0.538. The summed E-state index contributed by atoms with van der Waals surface area (Å²) in [6.07, 6.45) is 0. The van der Waals surface area contributed by atoms with E-state index in [1.807, 2.05) is 0 Å². The first-order valence-corrected chi connectivity index (χ1v) is 5.97. The van der Waals surface area contributed by atoms with Gasteiger partial charge >= 0.3 is 0 Å². The minimum atomic E-state index is 0.194. The summed E-state index contributed by atoms with van der Waals surface area (Å²) in [5.41, 5.74) is 2.85. The maximum atomic E-state index is 9.25. The molecule has 2 rings (SSSR count). The lowest BCUT2D eigenvalue weighted by Crippen LogP contribution is -2.41. The van der Waals surface area contributed by atoms with Crippen LogP contribution in [0.25, 0.3) is 0 Å². The number of aliphatic hydroxyl groups is 1. The van der Waals surface area contributed by atoms with Gasteiger partial charge in [-0.05, 0) is 17.7 Å². The molecular weight excluding hydrogens is 200 g/mol. The van der Waals surface area contributed by atoms with Crippen molar-refractivity contribution in [3.63, 3.8) is 0 Å². The van der Waals surface area contributed by atoms with Crippen LogP contribution in [0, 0.1) is 0 Å². The Morgan fingerprint density at radius 2 is 1.94 bits per heavy atom. The Morgan fingerprint density at radius 1 is 1.31 bits per heavy atom. The minimum absolute atomic E-state index is 0.194. The largest absolute Gasteiger partial charge is 0.395 e. The number of aliphatic hydroxyl groups excluding tert-OH is 1. The summed E-state index contributed by atoms with van der Waals surface area (Å²) in [5, 5.41) is 12.5. The van der Waals surface area contributed by atoms with E-state index in [-0.39, 0.29) is 12.6 Å². The van der Waals surface area contributed by atoms with Gasteiger partial charge in [0.25, 0.3) is 0 Å². The smallest absolute Gasteiger partial charge is 0.0597 e. The molecule has 1 heterocycles. The van der Waals surface area contributed by atoms with Gasteiger partial charge in [0.15, 0.2) is 0 Å². The number of hydrogen-bond acceptors (Lipinski definition) is 3. The molecule has 1 aliphatic rings. The molecule has 0 radical (unpaired) electrons. The topological polar surface area (TPSA) is 35.5 Å². The van der Waals surface area contributed by atoms with Gasteiger partial charge in [-0.3, -0.25) is 4.90 Å². The van der Waals surface area contributed by atoms with Crippen molar-refractivity contribution in [2.75, 3.05) is 19.7 Å². The molecule has 0 spiro atoms. The summed E-state index contributed by atoms with van der Waals surface area (Å²) in [4.78, 5) is 2.38. The molecule has 88 valence electrons. The second-order valence-corrected chi connectivity index (χ2v) is 4.38. The highest BCUT2D eigenvalue weighted by molar-refractivity contribution is 5.30. The molecular formula is C13H20N2O. The van der Waals surface area contributed by atoms with Crippen LogP contribution in [0.15, 0.2) is 24.3 Å². The zero-order chi connectivity index (χ0) is 11.4. The molecule has 0 fully saturated rings. The van der Waals surface area contributed by atoms with Crippen LogP contribution in [-0.4, -0.2) is 35.7 Å². The van der Waals surface area contributed by atoms with Gasteiger partial charge in [0, 0.05) is 25.7 Å². The first kappa shape index (κ1) is 11.6. The molecule has 1 aromatic rings. The van der Waals surface area contributed by atoms with Gasteiger partial charge in [0.2, 0.25) is 0 Å². The number of rotatable bonds is 5. The number of likely N-dealkylation sites (N-methyl/N-ethyl adjacent to an activating group) is 1. The van der Waals surface area contributed by atoms with Crippen LogP contribution in [0.5, 0.6) is 0 Å². The molecule has 0 aliphatic carbocycles. The zero-order valence-corrected chi connectivity index (χ0v) is 9.82. The summed E-state index contributed by atoms with van der Waals surface area (Å²) < 4.78 is 0. The Labute approximate surface area is 97.1 Å². The Hall–Kier alpha value is -0.900. The fourth-order valence-corrected chi connectivity index (χ4v) is 2.32. The van der Waals surface area contributed by atoms with E-state index in [9.17, 15) is 5.11 Å². The van der Waals surface area contributed by atoms with E-state index >= 15 is 0 Å². The second kappa shape index (κ2) is 5.43. The van der Waals surface area contributed by atoms with Crippen LogP contribution in [0.1, 0.15) is 18.1 Å². The number of nitrogens with zero attached hydrogens (tertiary/aromatic N) is 1. The lowest BCUT2D eigenvalue weighted by Gasteiger charge is -2.22. The standard InChI is InChI=1S/C13H20N2O/c1-2-14-13(10-16)9-15-7-11-5-3-4-6-12(11)8-15/h3-6,13-14,16H,2,7-10H2,1H3. The van der Waals surface area contributed by atoms with Crippen LogP contribution in [-0.2, 0) is 13.1 Å². The molecule has 3 nitrogen and oxygen atoms in total. The molecule has 1 unspecified atom stereocenters. The summed E-state index contributed by atoms with van der Waals surface area (Å²) in [6.45, 7) is 6.13. The highest BCUT2D eigenvalue weighted by Gasteiger charge is 2.20. The molecule has 16 heavy (non-hydrogen) atoms. The Morgan fingerprint density at radius 3 is 2.44 bits per heavy atom. The maximum Gasteiger partial charge on any atom is 0.0597 e. The van der Waals surface area contributed by atoms with Crippen molar-refractivity contribution in [3.8, 4) is 0 Å². The fourth-order valence-electron chi connectivity index (χ4n) is 2.32. The minimum Gasteiger partial charge on any atom is -0.395 e. The summed E-state index contributed by atoms with van der Waals surface area (Å²) >= 11 is 0. The first-order chi connectivity index (χ1) is 7.83. The number of nitrogens with one attached hydrogen (secondary N) is 1. The van der Waals surface area contributed by atoms with Crippen molar-refractivity contribution in [1.82, 2.24) is 10.2 Å². The van der Waals surface area contributed by atoms with E-state index < -0.39 is 0 Å². The van der Waals surface area contributed by atoms with E-state index in [2.05, 4.69) is 41.4 Å². The van der Waals surface area contributed by atoms with Gasteiger partial charge < -0.3 is 10.4 Å². The highest BCUT2D eigenvalue weighted by Crippen LogP contribution is 2.21. The van der Waals surface area contributed by atoms with E-state index in [0.717, 1.165) is 26.2 Å². The number of benzene rings is 1. The Kier molecular flexibility index (Phi) is 3.93. The van der Waals surface area contributed by atoms with Crippen LogP contribution < -0.4 is 5.32 Å². The summed E-state index contributed by atoms with van der Waals surface area (Å²) in [5.74, 6) is 0. The molecule has 1 aromatic carbocycles. The molecule has 1 aliphatic heterocycles. The van der Waals surface area contributed by atoms with Crippen LogP contribution >= 0.6 is 0 Å². The van der Waals surface area contributed by atoms with E-state index in [1.54, 1.807) is 0 Å². The maximum absolute atomic E-state index is 9.25. The van der Waals surface area contributed by atoms with Gasteiger partial charge in [0.1, 0.15) is 0 Å². The summed E-state index contributed by atoms with van der Waals surface area (Å²) in [6, 6.07) is 8.76. The normalized spacial score (nSPS) is 17.4. The highest BCUT2D eigenvalue weighted by atomic mass is 16.3. The average Bonchev–Trinajstić information content (AvgIpc) is 2.70. The van der Waals surface area contributed by atoms with E-state index in [1.165, 1.54) is 11.1 Å². The predicted octanol–water partition coefficient (Wildman–Crippen LogP) is 0.973. The van der Waals surface area contributed by atoms with Crippen molar-refractivity contribution >= 4 is 0 Å². The van der Waals surface area contributed by atoms with Gasteiger partial charge in [-0.2, -0.15) is 0 Å². The molecule has 0 saturated heterocycles. The monoisotopic (exact) mass is 220 g/mol. The van der Waals surface area contributed by atoms with Crippen molar-refractivity contribution in [3.05, 3.63) is 35.4 Å². The zero-order valence-electron chi connectivity index (χ0n) is 9.82. The Bertz CT molecular complexity index is 315. The SMILES string of the molecule is CCNC(CO)CN1Cc2ccccc2C1. The molecule has 0 bridgehead atoms. The predicted molar refractivity (Wildman–Crippen MR) is 65.1 cm³/mol. The average molecular weight is 220 g/mol. The third-order valence-electron chi connectivity index (χ3n) is 3.10. The molecule has 0 saturated carbocycles. The third-order valence-corrected chi connectivity index (χ3v) is 3.10. The van der Waals surface area contributed by atoms with Crippen molar-refractivity contribution in [2.24, 2.45) is 0 Å². The third kappa shape index (κ3) is 2.61. The van der Waals surface area contributed by atoms with Crippen LogP contribution in [0.2, 0.25) is 0 Å². The lowest BCUT2D eigenvalue weighted by molar-refractivity contribution is 0.183. The molecule has 2 N–H and O–H groups in total. The molecule has 1 atom stereocenters. The number of hydrogen-bond donors (Lipinski definition) is 2. The second-order valence-electron chi connectivity index (χ2n) is 4.38. The summed E-state index contributed by atoms with van der Waals surface area (Å²) in [7, 11) is 0. The van der Waals surface area contributed by atoms with Crippen LogP contribution in [0.3, 0.4) is 0 Å². The van der Waals surface area contributed by atoms with Crippen molar-refractivity contribution in [1.29, 1.82) is 0 Å². The van der Waals surface area contributed by atoms with E-state index in [4.69, 9.17) is 0 Å². The van der Waals surface area contributed by atoms with Gasteiger partial charge in [-0.25, -0.2) is 0 Å². The number of fused-ring (bicyclic) bond motifs is 1. The molecule has 3 heteroatoms. The van der Waals surface area contributed by atoms with Crippen molar-refractivity contribution < 1.29 is 5.11 Å².